The molecule has 8 heteroatoms. The van der Waals surface area contributed by atoms with Crippen LogP contribution in [0.4, 0.5) is 0 Å². The summed E-state index contributed by atoms with van der Waals surface area (Å²) in [5.41, 5.74) is 1.96. The lowest BCUT2D eigenvalue weighted by Gasteiger charge is -2.15. The van der Waals surface area contributed by atoms with E-state index in [2.05, 4.69) is 9.71 Å². The number of amidine groups is 1. The van der Waals surface area contributed by atoms with Gasteiger partial charge in [-0.1, -0.05) is 43.3 Å². The topological polar surface area (TPSA) is 102 Å². The molecule has 0 radical (unpaired) electrons. The van der Waals surface area contributed by atoms with Gasteiger partial charge in [0.05, 0.1) is 4.90 Å². The number of ketones is 1. The Morgan fingerprint density at radius 1 is 1.07 bits per heavy atom. The Hall–Kier alpha value is -3.00. The summed E-state index contributed by atoms with van der Waals surface area (Å²) < 4.78 is 31.9. The molecular formula is C21H22N2O5S. The number of fused-ring (bicyclic) bond motifs is 1. The van der Waals surface area contributed by atoms with E-state index < -0.39 is 28.1 Å². The molecule has 0 amide bonds. The Morgan fingerprint density at radius 3 is 2.38 bits per heavy atom. The highest BCUT2D eigenvalue weighted by Crippen LogP contribution is 2.22. The van der Waals surface area contributed by atoms with Crippen molar-refractivity contribution in [3.8, 4) is 0 Å². The maximum absolute atomic E-state index is 12.5. The highest BCUT2D eigenvalue weighted by atomic mass is 32.2. The largest absolute Gasteiger partial charge is 0.453 e. The zero-order valence-electron chi connectivity index (χ0n) is 16.4. The molecule has 0 spiro atoms. The van der Waals surface area contributed by atoms with Crippen LogP contribution in [0.5, 0.6) is 0 Å². The third kappa shape index (κ3) is 4.37. The van der Waals surface area contributed by atoms with Gasteiger partial charge in [-0.3, -0.25) is 14.5 Å². The van der Waals surface area contributed by atoms with Crippen LogP contribution in [0.2, 0.25) is 0 Å². The first-order chi connectivity index (χ1) is 13.7. The van der Waals surface area contributed by atoms with E-state index in [1.165, 1.54) is 19.9 Å². The molecule has 3 rings (SSSR count). The van der Waals surface area contributed by atoms with Crippen molar-refractivity contribution in [3.05, 3.63) is 65.2 Å². The molecule has 2 aromatic carbocycles. The second-order valence-corrected chi connectivity index (χ2v) is 8.40. The molecule has 0 aromatic heterocycles. The predicted octanol–water partition coefficient (Wildman–Crippen LogP) is 2.49. The van der Waals surface area contributed by atoms with Crippen LogP contribution in [0.25, 0.3) is 0 Å². The Balaban J connectivity index is 1.70. The van der Waals surface area contributed by atoms with Crippen LogP contribution >= 0.6 is 0 Å². The maximum atomic E-state index is 12.5. The zero-order chi connectivity index (χ0) is 21.2. The number of nitrogens with zero attached hydrogens (tertiary/aromatic N) is 1. The number of benzene rings is 2. The average Bonchev–Trinajstić information content (AvgIpc) is 2.97. The number of Topliss-reactive ketones (excluding diaryl/α,β-unsaturated/α-hetero) is 1. The Morgan fingerprint density at radius 2 is 1.72 bits per heavy atom. The lowest BCUT2D eigenvalue weighted by Crippen LogP contribution is -2.31. The van der Waals surface area contributed by atoms with Crippen LogP contribution in [0.15, 0.2) is 58.4 Å². The van der Waals surface area contributed by atoms with Crippen LogP contribution in [-0.4, -0.2) is 38.2 Å². The lowest BCUT2D eigenvalue weighted by atomic mass is 10.0. The number of aryl methyl sites for hydroxylation is 1. The van der Waals surface area contributed by atoms with Crippen molar-refractivity contribution in [1.29, 1.82) is 0 Å². The number of sulfonamides is 1. The van der Waals surface area contributed by atoms with Gasteiger partial charge in [-0.05, 0) is 38.0 Å². The molecule has 152 valence electrons. The number of nitrogens with one attached hydrogen (secondary N) is 1. The first-order valence-electron chi connectivity index (χ1n) is 9.26. The summed E-state index contributed by atoms with van der Waals surface area (Å²) in [6.07, 6.45) is -0.116. The van der Waals surface area contributed by atoms with Crippen LogP contribution in [-0.2, 0) is 26.0 Å². The monoisotopic (exact) mass is 414 g/mol. The Bertz CT molecular complexity index is 1070. The minimum absolute atomic E-state index is 0.0826. The van der Waals surface area contributed by atoms with Crippen molar-refractivity contribution in [2.45, 2.75) is 44.2 Å². The van der Waals surface area contributed by atoms with Crippen molar-refractivity contribution in [3.63, 3.8) is 0 Å². The molecule has 0 saturated heterocycles. The quantitative estimate of drug-likeness (QED) is 0.578. The maximum Gasteiger partial charge on any atom is 0.331 e. The molecule has 0 saturated carbocycles. The molecule has 1 heterocycles. The number of esters is 1. The normalized spacial score (nSPS) is 17.8. The summed E-state index contributed by atoms with van der Waals surface area (Å²) >= 11 is 0. The lowest BCUT2D eigenvalue weighted by molar-refractivity contribution is -0.147. The molecule has 0 fully saturated rings. The SMILES string of the molecule is CCc1ccc(C(=O)C(C)OC(=O)[C@H](C)N=C2NS(=O)(=O)c3ccccc32)cc1. The van der Waals surface area contributed by atoms with Crippen molar-refractivity contribution in [2.75, 3.05) is 0 Å². The third-order valence-corrected chi connectivity index (χ3v) is 6.03. The minimum Gasteiger partial charge on any atom is -0.453 e. The summed E-state index contributed by atoms with van der Waals surface area (Å²) in [7, 11) is -3.69. The van der Waals surface area contributed by atoms with Crippen LogP contribution in [0, 0.1) is 0 Å². The van der Waals surface area contributed by atoms with E-state index in [-0.39, 0.29) is 16.5 Å². The minimum atomic E-state index is -3.69. The molecule has 1 N–H and O–H groups in total. The van der Waals surface area contributed by atoms with Gasteiger partial charge in [0.25, 0.3) is 10.0 Å². The second kappa shape index (κ2) is 8.16. The summed E-state index contributed by atoms with van der Waals surface area (Å²) in [5.74, 6) is -0.945. The van der Waals surface area contributed by atoms with E-state index in [0.29, 0.717) is 11.1 Å². The number of carbonyl (C=O) groups is 2. The standard InChI is InChI=1S/C21H22N2O5S/c1-4-15-9-11-16(12-10-15)19(24)14(3)28-21(25)13(2)22-20-17-7-5-6-8-18(17)29(26,27)23-20/h5-14H,4H2,1-3H3,(H,22,23)/t13-,14?/m0/s1. The molecule has 2 atom stereocenters. The number of hydrogen-bond donors (Lipinski definition) is 1. The van der Waals surface area contributed by atoms with Crippen LogP contribution in [0.1, 0.15) is 42.3 Å². The van der Waals surface area contributed by atoms with Gasteiger partial charge in [0.15, 0.2) is 6.10 Å². The first kappa shape index (κ1) is 20.7. The third-order valence-electron chi connectivity index (χ3n) is 4.64. The molecule has 0 bridgehead atoms. The van der Waals surface area contributed by atoms with E-state index >= 15 is 0 Å². The number of ether oxygens (including phenoxy) is 1. The van der Waals surface area contributed by atoms with Crippen molar-refractivity contribution in [1.82, 2.24) is 4.72 Å². The number of aliphatic imine (C=N–C) groups is 1. The second-order valence-electron chi connectivity index (χ2n) is 6.75. The van der Waals surface area contributed by atoms with Gasteiger partial charge in [-0.15, -0.1) is 0 Å². The smallest absolute Gasteiger partial charge is 0.331 e. The molecule has 1 aliphatic rings. The summed E-state index contributed by atoms with van der Waals surface area (Å²) in [4.78, 5) is 29.2. The molecular weight excluding hydrogens is 392 g/mol. The van der Waals surface area contributed by atoms with E-state index in [4.69, 9.17) is 4.74 Å². The fourth-order valence-corrected chi connectivity index (χ4v) is 4.18. The Labute approximate surface area is 169 Å². The van der Waals surface area contributed by atoms with Gasteiger partial charge in [0.1, 0.15) is 11.9 Å². The van der Waals surface area contributed by atoms with E-state index in [0.717, 1.165) is 12.0 Å². The summed E-state index contributed by atoms with van der Waals surface area (Å²) in [6, 6.07) is 12.5. The first-order valence-corrected chi connectivity index (χ1v) is 10.7. The van der Waals surface area contributed by atoms with E-state index in [9.17, 15) is 18.0 Å². The molecule has 2 aromatic rings. The highest BCUT2D eigenvalue weighted by molar-refractivity contribution is 7.90. The van der Waals surface area contributed by atoms with Gasteiger partial charge in [-0.25, -0.2) is 13.2 Å². The van der Waals surface area contributed by atoms with Crippen molar-refractivity contribution >= 4 is 27.6 Å². The van der Waals surface area contributed by atoms with Gasteiger partial charge < -0.3 is 4.74 Å². The van der Waals surface area contributed by atoms with Crippen molar-refractivity contribution in [2.24, 2.45) is 4.99 Å². The summed E-state index contributed by atoms with van der Waals surface area (Å²) in [6.45, 7) is 5.01. The highest BCUT2D eigenvalue weighted by Gasteiger charge is 2.31. The van der Waals surface area contributed by atoms with Gasteiger partial charge >= 0.3 is 5.97 Å². The predicted molar refractivity (Wildman–Crippen MR) is 108 cm³/mol. The average molecular weight is 414 g/mol. The number of rotatable bonds is 6. The van der Waals surface area contributed by atoms with Gasteiger partial charge in [-0.2, -0.15) is 0 Å². The number of hydrogen-bond acceptors (Lipinski definition) is 6. The van der Waals surface area contributed by atoms with Crippen LogP contribution < -0.4 is 4.72 Å². The molecule has 1 aliphatic heterocycles. The summed E-state index contributed by atoms with van der Waals surface area (Å²) in [5, 5.41) is 0. The molecule has 29 heavy (non-hydrogen) atoms. The number of carbonyl (C=O) groups excluding carboxylic acids is 2. The van der Waals surface area contributed by atoms with Crippen LogP contribution in [0.3, 0.4) is 0 Å². The fourth-order valence-electron chi connectivity index (χ4n) is 2.94. The van der Waals surface area contributed by atoms with E-state index in [1.807, 2.05) is 19.1 Å². The molecule has 0 aliphatic carbocycles. The zero-order valence-corrected chi connectivity index (χ0v) is 17.2. The van der Waals surface area contributed by atoms with Crippen molar-refractivity contribution < 1.29 is 22.7 Å². The molecule has 1 unspecified atom stereocenters. The van der Waals surface area contributed by atoms with Gasteiger partial charge in [0, 0.05) is 11.1 Å². The van der Waals surface area contributed by atoms with E-state index in [1.54, 1.807) is 30.3 Å². The Kier molecular flexibility index (Phi) is 5.83. The molecule has 7 nitrogen and oxygen atoms in total. The van der Waals surface area contributed by atoms with Gasteiger partial charge in [0.2, 0.25) is 5.78 Å². The fraction of sp³-hybridized carbons (Fsp3) is 0.286.